The smallest absolute Gasteiger partial charge is 0.336 e. The number of rotatable bonds is 7. The molecule has 0 aliphatic heterocycles. The predicted molar refractivity (Wildman–Crippen MR) is 77.2 cm³/mol. The fourth-order valence-electron chi connectivity index (χ4n) is 2.00. The van der Waals surface area contributed by atoms with Crippen LogP contribution in [0.15, 0.2) is 43.0 Å². The molecule has 0 saturated heterocycles. The molecule has 6 nitrogen and oxygen atoms in total. The lowest BCUT2D eigenvalue weighted by atomic mass is 10.1. The highest BCUT2D eigenvalue weighted by atomic mass is 16.4. The highest BCUT2D eigenvalue weighted by Gasteiger charge is 2.14. The van der Waals surface area contributed by atoms with E-state index >= 15 is 0 Å². The van der Waals surface area contributed by atoms with Gasteiger partial charge in [-0.05, 0) is 25.0 Å². The lowest BCUT2D eigenvalue weighted by Gasteiger charge is -2.07. The number of imidazole rings is 1. The molecule has 0 atom stereocenters. The number of carboxylic acid groups (broad SMARTS) is 1. The Bertz CT molecular complexity index is 608. The Hall–Kier alpha value is -2.63. The number of hydrogen-bond donors (Lipinski definition) is 2. The lowest BCUT2D eigenvalue weighted by Crippen LogP contribution is -2.26. The van der Waals surface area contributed by atoms with Crippen LogP contribution in [0.1, 0.15) is 33.6 Å². The molecule has 0 saturated carbocycles. The van der Waals surface area contributed by atoms with E-state index in [1.807, 2.05) is 10.8 Å². The summed E-state index contributed by atoms with van der Waals surface area (Å²) in [5.74, 6) is -1.45. The Morgan fingerprint density at radius 3 is 2.62 bits per heavy atom. The predicted octanol–water partition coefficient (Wildman–Crippen LogP) is 1.79. The van der Waals surface area contributed by atoms with E-state index in [1.165, 1.54) is 12.1 Å². The number of carboxylic acids is 1. The Kier molecular flexibility index (Phi) is 5.09. The van der Waals surface area contributed by atoms with E-state index in [0.29, 0.717) is 6.54 Å². The summed E-state index contributed by atoms with van der Waals surface area (Å²) in [6.07, 6.45) is 7.10. The second kappa shape index (κ2) is 7.23. The Morgan fingerprint density at radius 1 is 1.19 bits per heavy atom. The van der Waals surface area contributed by atoms with Crippen LogP contribution in [-0.2, 0) is 6.54 Å². The van der Waals surface area contributed by atoms with E-state index in [4.69, 9.17) is 5.11 Å². The summed E-state index contributed by atoms with van der Waals surface area (Å²) in [5, 5.41) is 11.8. The number of benzene rings is 1. The first-order valence-corrected chi connectivity index (χ1v) is 6.75. The first-order valence-electron chi connectivity index (χ1n) is 6.75. The molecule has 0 spiro atoms. The molecule has 1 amide bonds. The van der Waals surface area contributed by atoms with Crippen LogP contribution in [0.4, 0.5) is 0 Å². The minimum Gasteiger partial charge on any atom is -0.478 e. The van der Waals surface area contributed by atoms with E-state index < -0.39 is 5.97 Å². The van der Waals surface area contributed by atoms with Crippen molar-refractivity contribution < 1.29 is 14.7 Å². The van der Waals surface area contributed by atoms with Crippen molar-refractivity contribution in [3.63, 3.8) is 0 Å². The Balaban J connectivity index is 1.78. The molecule has 0 fully saturated rings. The summed E-state index contributed by atoms with van der Waals surface area (Å²) in [7, 11) is 0. The summed E-state index contributed by atoms with van der Waals surface area (Å²) < 4.78 is 1.97. The third-order valence-corrected chi connectivity index (χ3v) is 3.09. The topological polar surface area (TPSA) is 84.2 Å². The molecule has 1 aromatic carbocycles. The maximum atomic E-state index is 12.0. The minimum atomic E-state index is -1.10. The number of carbonyl (C=O) groups excluding carboxylic acids is 1. The molecule has 6 heteroatoms. The molecule has 2 aromatic rings. The molecule has 21 heavy (non-hydrogen) atoms. The van der Waals surface area contributed by atoms with Gasteiger partial charge in [0.15, 0.2) is 0 Å². The largest absolute Gasteiger partial charge is 0.478 e. The van der Waals surface area contributed by atoms with Crippen molar-refractivity contribution in [2.75, 3.05) is 6.54 Å². The Labute approximate surface area is 122 Å². The molecule has 0 aliphatic rings. The van der Waals surface area contributed by atoms with E-state index in [2.05, 4.69) is 10.3 Å². The molecule has 1 aromatic heterocycles. The first kappa shape index (κ1) is 14.8. The zero-order valence-corrected chi connectivity index (χ0v) is 11.5. The SMILES string of the molecule is O=C(O)c1ccccc1C(=O)NCCCCn1ccnc1. The van der Waals surface area contributed by atoms with Crippen molar-refractivity contribution in [1.82, 2.24) is 14.9 Å². The van der Waals surface area contributed by atoms with Crippen LogP contribution < -0.4 is 5.32 Å². The van der Waals surface area contributed by atoms with Crippen LogP contribution in [0.5, 0.6) is 0 Å². The van der Waals surface area contributed by atoms with Gasteiger partial charge in [0.2, 0.25) is 0 Å². The minimum absolute atomic E-state index is 0.0217. The molecule has 0 unspecified atom stereocenters. The molecular weight excluding hydrogens is 270 g/mol. The fraction of sp³-hybridized carbons (Fsp3) is 0.267. The number of carbonyl (C=O) groups is 2. The molecule has 2 N–H and O–H groups in total. The van der Waals surface area contributed by atoms with E-state index in [1.54, 1.807) is 24.7 Å². The van der Waals surface area contributed by atoms with Crippen molar-refractivity contribution >= 4 is 11.9 Å². The van der Waals surface area contributed by atoms with Crippen molar-refractivity contribution in [2.45, 2.75) is 19.4 Å². The van der Waals surface area contributed by atoms with Crippen molar-refractivity contribution in [3.05, 3.63) is 54.1 Å². The maximum absolute atomic E-state index is 12.0. The standard InChI is InChI=1S/C15H17N3O3/c19-14(12-5-1-2-6-13(12)15(20)21)17-7-3-4-9-18-10-8-16-11-18/h1-2,5-6,8,10-11H,3-4,7,9H2,(H,17,19)(H,20,21). The molecule has 0 bridgehead atoms. The highest BCUT2D eigenvalue weighted by molar-refractivity contribution is 6.04. The molecule has 0 radical (unpaired) electrons. The number of amides is 1. The van der Waals surface area contributed by atoms with Gasteiger partial charge in [0.25, 0.3) is 5.91 Å². The van der Waals surface area contributed by atoms with Crippen molar-refractivity contribution in [3.8, 4) is 0 Å². The van der Waals surface area contributed by atoms with Crippen LogP contribution in [-0.4, -0.2) is 33.1 Å². The zero-order valence-electron chi connectivity index (χ0n) is 11.5. The van der Waals surface area contributed by atoms with E-state index in [-0.39, 0.29) is 17.0 Å². The monoisotopic (exact) mass is 287 g/mol. The summed E-state index contributed by atoms with van der Waals surface area (Å²) in [4.78, 5) is 27.0. The van der Waals surface area contributed by atoms with E-state index in [9.17, 15) is 9.59 Å². The van der Waals surface area contributed by atoms with Gasteiger partial charge in [0, 0.05) is 25.5 Å². The first-order chi connectivity index (χ1) is 10.2. The molecule has 1 heterocycles. The third kappa shape index (κ3) is 4.17. The summed E-state index contributed by atoms with van der Waals surface area (Å²) >= 11 is 0. The fourth-order valence-corrected chi connectivity index (χ4v) is 2.00. The summed E-state index contributed by atoms with van der Waals surface area (Å²) in [6.45, 7) is 1.36. The average Bonchev–Trinajstić information content (AvgIpc) is 3.00. The van der Waals surface area contributed by atoms with Gasteiger partial charge in [-0.15, -0.1) is 0 Å². The van der Waals surface area contributed by atoms with Crippen LogP contribution in [0, 0.1) is 0 Å². The number of aromatic nitrogens is 2. The van der Waals surface area contributed by atoms with Gasteiger partial charge < -0.3 is 15.0 Å². The molecule has 2 rings (SSSR count). The number of aryl methyl sites for hydroxylation is 1. The average molecular weight is 287 g/mol. The van der Waals surface area contributed by atoms with Crippen LogP contribution in [0.2, 0.25) is 0 Å². The van der Waals surface area contributed by atoms with Gasteiger partial charge in [-0.25, -0.2) is 9.78 Å². The third-order valence-electron chi connectivity index (χ3n) is 3.09. The van der Waals surface area contributed by atoms with E-state index in [0.717, 1.165) is 19.4 Å². The molecular formula is C15H17N3O3. The maximum Gasteiger partial charge on any atom is 0.336 e. The number of aromatic carboxylic acids is 1. The van der Waals surface area contributed by atoms with Gasteiger partial charge >= 0.3 is 5.97 Å². The van der Waals surface area contributed by atoms with Crippen LogP contribution in [0.3, 0.4) is 0 Å². The quantitative estimate of drug-likeness (QED) is 0.760. The van der Waals surface area contributed by atoms with Gasteiger partial charge in [-0.2, -0.15) is 0 Å². The second-order valence-electron chi connectivity index (χ2n) is 4.61. The van der Waals surface area contributed by atoms with Gasteiger partial charge in [0.1, 0.15) is 0 Å². The number of hydrogen-bond acceptors (Lipinski definition) is 3. The Morgan fingerprint density at radius 2 is 1.95 bits per heavy atom. The van der Waals surface area contributed by atoms with Crippen LogP contribution >= 0.6 is 0 Å². The van der Waals surface area contributed by atoms with Crippen LogP contribution in [0.25, 0.3) is 0 Å². The van der Waals surface area contributed by atoms with Crippen molar-refractivity contribution in [1.29, 1.82) is 0 Å². The highest BCUT2D eigenvalue weighted by Crippen LogP contribution is 2.08. The lowest BCUT2D eigenvalue weighted by molar-refractivity contribution is 0.0691. The number of nitrogens with one attached hydrogen (secondary N) is 1. The normalized spacial score (nSPS) is 10.3. The number of unbranched alkanes of at least 4 members (excludes halogenated alkanes) is 1. The van der Waals surface area contributed by atoms with Gasteiger partial charge in [0.05, 0.1) is 17.5 Å². The second-order valence-corrected chi connectivity index (χ2v) is 4.61. The number of nitrogens with zero attached hydrogens (tertiary/aromatic N) is 2. The zero-order chi connectivity index (χ0) is 15.1. The summed E-state index contributed by atoms with van der Waals surface area (Å²) in [5.41, 5.74) is 0.216. The van der Waals surface area contributed by atoms with Crippen molar-refractivity contribution in [2.24, 2.45) is 0 Å². The summed E-state index contributed by atoms with van der Waals surface area (Å²) in [6, 6.07) is 6.20. The molecule has 110 valence electrons. The molecule has 0 aliphatic carbocycles. The van der Waals surface area contributed by atoms with Gasteiger partial charge in [-0.1, -0.05) is 12.1 Å². The van der Waals surface area contributed by atoms with Gasteiger partial charge in [-0.3, -0.25) is 4.79 Å².